The van der Waals surface area contributed by atoms with Crippen LogP contribution in [0, 0.1) is 0 Å². The van der Waals surface area contributed by atoms with Crippen LogP contribution in [0.15, 0.2) is 24.3 Å². The number of aromatic hydroxyl groups is 1. The lowest BCUT2D eigenvalue weighted by molar-refractivity contribution is 0.480. The number of phenols is 1. The van der Waals surface area contributed by atoms with Crippen LogP contribution >= 0.6 is 0 Å². The maximum absolute atomic E-state index is 9.82. The van der Waals surface area contributed by atoms with Crippen LogP contribution < -0.4 is 11.1 Å². The third kappa shape index (κ3) is 2.31. The molecule has 0 saturated carbocycles. The first-order valence-corrected chi connectivity index (χ1v) is 5.70. The second kappa shape index (κ2) is 4.59. The topological polar surface area (TPSA) is 71.2 Å². The average Bonchev–Trinajstić information content (AvgIpc) is 2.29. The van der Waals surface area contributed by atoms with Crippen LogP contribution in [0.25, 0.3) is 10.9 Å². The van der Waals surface area contributed by atoms with Crippen molar-refractivity contribution in [1.82, 2.24) is 4.98 Å². The van der Waals surface area contributed by atoms with E-state index in [1.165, 1.54) is 0 Å². The Bertz CT molecular complexity index is 537. The average molecular weight is 231 g/mol. The monoisotopic (exact) mass is 231 g/mol. The molecule has 1 heterocycles. The Morgan fingerprint density at radius 3 is 2.82 bits per heavy atom. The summed E-state index contributed by atoms with van der Waals surface area (Å²) < 4.78 is 0. The molecule has 0 spiro atoms. The Morgan fingerprint density at radius 1 is 1.41 bits per heavy atom. The van der Waals surface area contributed by atoms with Gasteiger partial charge in [-0.2, -0.15) is 0 Å². The second-order valence-corrected chi connectivity index (χ2v) is 4.34. The van der Waals surface area contributed by atoms with E-state index in [0.29, 0.717) is 18.1 Å². The number of nitrogens with one attached hydrogen (secondary N) is 1. The quantitative estimate of drug-likeness (QED) is 0.757. The van der Waals surface area contributed by atoms with Gasteiger partial charge in [-0.1, -0.05) is 12.1 Å². The van der Waals surface area contributed by atoms with Gasteiger partial charge in [-0.3, -0.25) is 0 Å². The number of phenolic OH excluding ortho intramolecular Hbond substituents is 1. The molecule has 4 N–H and O–H groups in total. The first-order valence-electron chi connectivity index (χ1n) is 5.70. The van der Waals surface area contributed by atoms with Crippen molar-refractivity contribution in [2.45, 2.75) is 26.4 Å². The first-order chi connectivity index (χ1) is 8.11. The normalized spacial score (nSPS) is 11.1. The third-order valence-electron chi connectivity index (χ3n) is 2.52. The van der Waals surface area contributed by atoms with Crippen LogP contribution in [0.2, 0.25) is 0 Å². The van der Waals surface area contributed by atoms with Crippen LogP contribution in [0.1, 0.15) is 19.5 Å². The van der Waals surface area contributed by atoms with E-state index < -0.39 is 0 Å². The number of anilines is 1. The molecule has 4 heteroatoms. The fraction of sp³-hybridized carbons (Fsp3) is 0.308. The SMILES string of the molecule is CC(C)Nc1cc(CN)nc2c(O)cccc12. The molecular weight excluding hydrogens is 214 g/mol. The van der Waals surface area contributed by atoms with Gasteiger partial charge in [0.1, 0.15) is 11.3 Å². The van der Waals surface area contributed by atoms with Crippen molar-refractivity contribution in [3.8, 4) is 5.75 Å². The highest BCUT2D eigenvalue weighted by Crippen LogP contribution is 2.29. The van der Waals surface area contributed by atoms with Gasteiger partial charge in [0.05, 0.1) is 5.69 Å². The maximum atomic E-state index is 9.82. The number of pyridine rings is 1. The highest BCUT2D eigenvalue weighted by Gasteiger charge is 2.08. The number of para-hydroxylation sites is 1. The minimum absolute atomic E-state index is 0.185. The largest absolute Gasteiger partial charge is 0.506 e. The number of hydrogen-bond acceptors (Lipinski definition) is 4. The Labute approximate surface area is 100 Å². The number of hydrogen-bond donors (Lipinski definition) is 3. The number of nitrogens with zero attached hydrogens (tertiary/aromatic N) is 1. The maximum Gasteiger partial charge on any atom is 0.141 e. The van der Waals surface area contributed by atoms with E-state index in [1.807, 2.05) is 18.2 Å². The summed E-state index contributed by atoms with van der Waals surface area (Å²) in [4.78, 5) is 4.35. The Hall–Kier alpha value is -1.81. The van der Waals surface area contributed by atoms with Gasteiger partial charge >= 0.3 is 0 Å². The molecule has 2 aromatic rings. The van der Waals surface area contributed by atoms with E-state index >= 15 is 0 Å². The van der Waals surface area contributed by atoms with Crippen LogP contribution in [0.4, 0.5) is 5.69 Å². The highest BCUT2D eigenvalue weighted by molar-refractivity contribution is 5.95. The van der Waals surface area contributed by atoms with E-state index in [0.717, 1.165) is 16.8 Å². The molecule has 0 unspecified atom stereocenters. The van der Waals surface area contributed by atoms with Crippen molar-refractivity contribution >= 4 is 16.6 Å². The minimum atomic E-state index is 0.185. The summed E-state index contributed by atoms with van der Waals surface area (Å²) in [6.45, 7) is 4.49. The Morgan fingerprint density at radius 2 is 2.18 bits per heavy atom. The zero-order valence-electron chi connectivity index (χ0n) is 10.1. The number of fused-ring (bicyclic) bond motifs is 1. The van der Waals surface area contributed by atoms with E-state index in [9.17, 15) is 5.11 Å². The van der Waals surface area contributed by atoms with Gasteiger partial charge in [0.25, 0.3) is 0 Å². The molecular formula is C13H17N3O. The molecule has 0 radical (unpaired) electrons. The van der Waals surface area contributed by atoms with E-state index in [-0.39, 0.29) is 5.75 Å². The smallest absolute Gasteiger partial charge is 0.141 e. The van der Waals surface area contributed by atoms with Gasteiger partial charge in [-0.15, -0.1) is 0 Å². The van der Waals surface area contributed by atoms with Gasteiger partial charge in [0.2, 0.25) is 0 Å². The lowest BCUT2D eigenvalue weighted by atomic mass is 10.1. The van der Waals surface area contributed by atoms with Crippen molar-refractivity contribution in [1.29, 1.82) is 0 Å². The number of aromatic nitrogens is 1. The van der Waals surface area contributed by atoms with Gasteiger partial charge in [-0.05, 0) is 26.0 Å². The van der Waals surface area contributed by atoms with Gasteiger partial charge in [-0.25, -0.2) is 4.98 Å². The van der Waals surface area contributed by atoms with Crippen molar-refractivity contribution in [2.24, 2.45) is 5.73 Å². The summed E-state index contributed by atoms with van der Waals surface area (Å²) in [6.07, 6.45) is 0. The summed E-state index contributed by atoms with van der Waals surface area (Å²) in [6, 6.07) is 7.63. The predicted molar refractivity (Wildman–Crippen MR) is 70.1 cm³/mol. The molecule has 1 aromatic carbocycles. The van der Waals surface area contributed by atoms with Crippen molar-refractivity contribution < 1.29 is 5.11 Å². The van der Waals surface area contributed by atoms with Crippen molar-refractivity contribution in [3.63, 3.8) is 0 Å². The van der Waals surface area contributed by atoms with E-state index in [2.05, 4.69) is 24.1 Å². The molecule has 0 amide bonds. The van der Waals surface area contributed by atoms with Gasteiger partial charge < -0.3 is 16.2 Å². The highest BCUT2D eigenvalue weighted by atomic mass is 16.3. The Balaban J connectivity index is 2.67. The molecule has 1 aromatic heterocycles. The van der Waals surface area contributed by atoms with Crippen LogP contribution in [-0.2, 0) is 6.54 Å². The van der Waals surface area contributed by atoms with Crippen LogP contribution in [-0.4, -0.2) is 16.1 Å². The lowest BCUT2D eigenvalue weighted by Crippen LogP contribution is -2.11. The molecule has 4 nitrogen and oxygen atoms in total. The Kier molecular flexibility index (Phi) is 3.15. The summed E-state index contributed by atoms with van der Waals surface area (Å²) in [5.74, 6) is 0.185. The molecule has 0 saturated heterocycles. The minimum Gasteiger partial charge on any atom is -0.506 e. The second-order valence-electron chi connectivity index (χ2n) is 4.34. The zero-order valence-corrected chi connectivity index (χ0v) is 10.1. The molecule has 0 aliphatic heterocycles. The number of rotatable bonds is 3. The van der Waals surface area contributed by atoms with Gasteiger partial charge in [0, 0.05) is 23.7 Å². The molecule has 0 fully saturated rings. The summed E-state index contributed by atoms with van der Waals surface area (Å²) in [7, 11) is 0. The summed E-state index contributed by atoms with van der Waals surface area (Å²) >= 11 is 0. The lowest BCUT2D eigenvalue weighted by Gasteiger charge is -2.14. The third-order valence-corrected chi connectivity index (χ3v) is 2.52. The molecule has 0 bridgehead atoms. The predicted octanol–water partition coefficient (Wildman–Crippen LogP) is 2.22. The van der Waals surface area contributed by atoms with Crippen LogP contribution in [0.5, 0.6) is 5.75 Å². The first kappa shape index (κ1) is 11.7. The molecule has 0 atom stereocenters. The van der Waals surface area contributed by atoms with Crippen LogP contribution in [0.3, 0.4) is 0 Å². The molecule has 2 rings (SSSR count). The summed E-state index contributed by atoms with van der Waals surface area (Å²) in [5, 5.41) is 14.1. The van der Waals surface area contributed by atoms with Gasteiger partial charge in [0.15, 0.2) is 0 Å². The number of nitrogens with two attached hydrogens (primary N) is 1. The summed E-state index contributed by atoms with van der Waals surface area (Å²) in [5.41, 5.74) is 7.94. The molecule has 90 valence electrons. The number of benzene rings is 1. The zero-order chi connectivity index (χ0) is 12.4. The van der Waals surface area contributed by atoms with E-state index in [4.69, 9.17) is 5.73 Å². The van der Waals surface area contributed by atoms with Crippen molar-refractivity contribution in [3.05, 3.63) is 30.0 Å². The van der Waals surface area contributed by atoms with E-state index in [1.54, 1.807) is 6.07 Å². The fourth-order valence-corrected chi connectivity index (χ4v) is 1.82. The molecule has 0 aliphatic rings. The standard InChI is InChI=1S/C13H17N3O/c1-8(2)15-11-6-9(7-14)16-13-10(11)4-3-5-12(13)17/h3-6,8,17H,7,14H2,1-2H3,(H,15,16). The molecule has 17 heavy (non-hydrogen) atoms. The van der Waals surface area contributed by atoms with Crippen molar-refractivity contribution in [2.75, 3.05) is 5.32 Å². The fourth-order valence-electron chi connectivity index (χ4n) is 1.82. The molecule has 0 aliphatic carbocycles.